The summed E-state index contributed by atoms with van der Waals surface area (Å²) in [5, 5.41) is 10.8. The van der Waals surface area contributed by atoms with Crippen LogP contribution in [0.1, 0.15) is 28.5 Å². The minimum atomic E-state index is -0.339. The molecule has 0 aliphatic carbocycles. The zero-order valence-corrected chi connectivity index (χ0v) is 13.2. The number of likely N-dealkylation sites (N-methyl/N-ethyl adjacent to an activating group) is 1. The summed E-state index contributed by atoms with van der Waals surface area (Å²) in [6.45, 7) is 0.899. The first kappa shape index (κ1) is 15.4. The molecule has 9 heteroatoms. The maximum atomic E-state index is 12.0. The van der Waals surface area contributed by atoms with Crippen molar-refractivity contribution in [3.63, 3.8) is 0 Å². The van der Waals surface area contributed by atoms with Crippen LogP contribution in [0.15, 0.2) is 24.5 Å². The van der Waals surface area contributed by atoms with Crippen molar-refractivity contribution in [3.05, 3.63) is 40.9 Å². The van der Waals surface area contributed by atoms with Crippen LogP contribution in [0.3, 0.4) is 0 Å². The first-order valence-electron chi connectivity index (χ1n) is 7.10. The lowest BCUT2D eigenvalue weighted by Gasteiger charge is -2.09. The normalized spacial score (nSPS) is 17.6. The van der Waals surface area contributed by atoms with Gasteiger partial charge in [0.2, 0.25) is 5.91 Å². The van der Waals surface area contributed by atoms with E-state index in [0.717, 1.165) is 0 Å². The second-order valence-corrected chi connectivity index (χ2v) is 5.64. The summed E-state index contributed by atoms with van der Waals surface area (Å²) >= 11 is 5.87. The van der Waals surface area contributed by atoms with E-state index in [9.17, 15) is 9.59 Å². The average molecular weight is 335 g/mol. The minimum absolute atomic E-state index is 0.0210. The van der Waals surface area contributed by atoms with Gasteiger partial charge < -0.3 is 10.2 Å². The molecular weight excluding hydrogens is 320 g/mol. The van der Waals surface area contributed by atoms with E-state index >= 15 is 0 Å². The lowest BCUT2D eigenvalue weighted by atomic mass is 10.2. The van der Waals surface area contributed by atoms with E-state index in [-0.39, 0.29) is 29.6 Å². The van der Waals surface area contributed by atoms with Gasteiger partial charge in [-0.05, 0) is 18.6 Å². The standard InChI is InChI=1S/C14H15ClN6O2/c1-20-6-4-11(14(20)23)21-8-9(18-19-21)7-17-13(22)10-3-2-5-16-12(10)15/h2-3,5,8,11H,4,6-7H2,1H3,(H,17,22). The molecule has 3 rings (SSSR count). The van der Waals surface area contributed by atoms with Crippen molar-refractivity contribution in [2.45, 2.75) is 19.0 Å². The van der Waals surface area contributed by atoms with E-state index in [2.05, 4.69) is 20.6 Å². The Balaban J connectivity index is 1.63. The Morgan fingerprint density at radius 2 is 2.35 bits per heavy atom. The highest BCUT2D eigenvalue weighted by Gasteiger charge is 2.31. The minimum Gasteiger partial charge on any atom is -0.346 e. The number of halogens is 1. The first-order valence-corrected chi connectivity index (χ1v) is 7.48. The highest BCUT2D eigenvalue weighted by Crippen LogP contribution is 2.20. The zero-order chi connectivity index (χ0) is 16.4. The smallest absolute Gasteiger partial charge is 0.254 e. The molecule has 2 amide bonds. The van der Waals surface area contributed by atoms with Crippen molar-refractivity contribution in [3.8, 4) is 0 Å². The van der Waals surface area contributed by atoms with Gasteiger partial charge in [-0.15, -0.1) is 5.10 Å². The molecule has 1 N–H and O–H groups in total. The molecule has 23 heavy (non-hydrogen) atoms. The molecule has 8 nitrogen and oxygen atoms in total. The Morgan fingerprint density at radius 3 is 3.04 bits per heavy atom. The second-order valence-electron chi connectivity index (χ2n) is 5.28. The van der Waals surface area contributed by atoms with Crippen LogP contribution < -0.4 is 5.32 Å². The number of nitrogens with zero attached hydrogens (tertiary/aromatic N) is 5. The van der Waals surface area contributed by atoms with Gasteiger partial charge in [-0.25, -0.2) is 9.67 Å². The van der Waals surface area contributed by atoms with E-state index in [1.165, 1.54) is 6.20 Å². The summed E-state index contributed by atoms with van der Waals surface area (Å²) in [6, 6.07) is 2.91. The molecule has 0 bridgehead atoms. The molecule has 1 atom stereocenters. The molecule has 0 saturated carbocycles. The Labute approximate surface area is 137 Å². The van der Waals surface area contributed by atoms with Crippen LogP contribution in [0.2, 0.25) is 5.15 Å². The predicted molar refractivity (Wildman–Crippen MR) is 81.7 cm³/mol. The quantitative estimate of drug-likeness (QED) is 0.829. The molecule has 0 radical (unpaired) electrons. The molecule has 1 unspecified atom stereocenters. The fraction of sp³-hybridized carbons (Fsp3) is 0.357. The molecule has 2 aromatic rings. The number of likely N-dealkylation sites (tertiary alicyclic amines) is 1. The summed E-state index contributed by atoms with van der Waals surface area (Å²) in [6.07, 6.45) is 3.89. The van der Waals surface area contributed by atoms with Crippen molar-refractivity contribution in [1.29, 1.82) is 0 Å². The van der Waals surface area contributed by atoms with Crippen molar-refractivity contribution < 1.29 is 9.59 Å². The summed E-state index contributed by atoms with van der Waals surface area (Å²) < 4.78 is 1.55. The van der Waals surface area contributed by atoms with Crippen molar-refractivity contribution in [2.24, 2.45) is 0 Å². The molecule has 2 aromatic heterocycles. The van der Waals surface area contributed by atoms with Crippen LogP contribution in [0.4, 0.5) is 0 Å². The van der Waals surface area contributed by atoms with Gasteiger partial charge in [0, 0.05) is 19.8 Å². The number of amides is 2. The number of aromatic nitrogens is 4. The fourth-order valence-corrected chi connectivity index (χ4v) is 2.62. The highest BCUT2D eigenvalue weighted by atomic mass is 35.5. The van der Waals surface area contributed by atoms with E-state index in [0.29, 0.717) is 24.2 Å². The lowest BCUT2D eigenvalue weighted by Crippen LogP contribution is -2.25. The zero-order valence-electron chi connectivity index (χ0n) is 12.4. The van der Waals surface area contributed by atoms with Crippen molar-refractivity contribution in [2.75, 3.05) is 13.6 Å². The topological polar surface area (TPSA) is 93.0 Å². The number of carbonyl (C=O) groups excluding carboxylic acids is 2. The van der Waals surface area contributed by atoms with E-state index in [1.807, 2.05) is 0 Å². The highest BCUT2D eigenvalue weighted by molar-refractivity contribution is 6.32. The van der Waals surface area contributed by atoms with Crippen molar-refractivity contribution in [1.82, 2.24) is 30.2 Å². The molecule has 1 aliphatic heterocycles. The van der Waals surface area contributed by atoms with Crippen LogP contribution in [0.25, 0.3) is 0 Å². The van der Waals surface area contributed by atoms with Gasteiger partial charge in [-0.1, -0.05) is 16.8 Å². The van der Waals surface area contributed by atoms with Gasteiger partial charge in [0.05, 0.1) is 18.3 Å². The molecule has 0 aromatic carbocycles. The third kappa shape index (κ3) is 3.16. The Bertz CT molecular complexity index is 746. The van der Waals surface area contributed by atoms with Crippen LogP contribution in [-0.4, -0.2) is 50.3 Å². The summed E-state index contributed by atoms with van der Waals surface area (Å²) in [5.41, 5.74) is 0.870. The third-order valence-electron chi connectivity index (χ3n) is 3.71. The van der Waals surface area contributed by atoms with Gasteiger partial charge in [-0.3, -0.25) is 9.59 Å². The van der Waals surface area contributed by atoms with Crippen LogP contribution >= 0.6 is 11.6 Å². The van der Waals surface area contributed by atoms with Gasteiger partial charge >= 0.3 is 0 Å². The molecule has 1 aliphatic rings. The molecular formula is C14H15ClN6O2. The van der Waals surface area contributed by atoms with Crippen LogP contribution in [-0.2, 0) is 11.3 Å². The lowest BCUT2D eigenvalue weighted by molar-refractivity contribution is -0.129. The van der Waals surface area contributed by atoms with Crippen LogP contribution in [0, 0.1) is 0 Å². The summed E-state index contributed by atoms with van der Waals surface area (Å²) in [7, 11) is 1.76. The number of pyridine rings is 1. The molecule has 0 spiro atoms. The van der Waals surface area contributed by atoms with E-state index < -0.39 is 0 Å². The Morgan fingerprint density at radius 1 is 1.52 bits per heavy atom. The molecule has 1 saturated heterocycles. The average Bonchev–Trinajstić information content (AvgIpc) is 3.13. The summed E-state index contributed by atoms with van der Waals surface area (Å²) in [5.74, 6) is -0.318. The summed E-state index contributed by atoms with van der Waals surface area (Å²) in [4.78, 5) is 29.5. The number of hydrogen-bond acceptors (Lipinski definition) is 5. The number of rotatable bonds is 4. The number of carbonyl (C=O) groups is 2. The molecule has 1 fully saturated rings. The first-order chi connectivity index (χ1) is 11.1. The number of nitrogens with one attached hydrogen (secondary N) is 1. The Kier molecular flexibility index (Phi) is 4.24. The second kappa shape index (κ2) is 6.33. The SMILES string of the molecule is CN1CCC(n2cc(CNC(=O)c3cccnc3Cl)nn2)C1=O. The Hall–Kier alpha value is -2.48. The van der Waals surface area contributed by atoms with Gasteiger partial charge in [0.15, 0.2) is 0 Å². The maximum absolute atomic E-state index is 12.0. The maximum Gasteiger partial charge on any atom is 0.254 e. The monoisotopic (exact) mass is 334 g/mol. The fourth-order valence-electron chi connectivity index (χ4n) is 2.42. The van der Waals surface area contributed by atoms with E-state index in [4.69, 9.17) is 11.6 Å². The van der Waals surface area contributed by atoms with Gasteiger partial charge in [0.25, 0.3) is 5.91 Å². The largest absolute Gasteiger partial charge is 0.346 e. The molecule has 120 valence electrons. The molecule has 3 heterocycles. The third-order valence-corrected chi connectivity index (χ3v) is 4.01. The number of hydrogen-bond donors (Lipinski definition) is 1. The van der Waals surface area contributed by atoms with Crippen LogP contribution in [0.5, 0.6) is 0 Å². The van der Waals surface area contributed by atoms with E-state index in [1.54, 1.807) is 35.0 Å². The van der Waals surface area contributed by atoms with Crippen molar-refractivity contribution >= 4 is 23.4 Å². The van der Waals surface area contributed by atoms with Gasteiger partial charge in [0.1, 0.15) is 16.9 Å². The predicted octanol–water partition coefficient (Wildman–Crippen LogP) is 0.660. The van der Waals surface area contributed by atoms with Gasteiger partial charge in [-0.2, -0.15) is 0 Å².